The van der Waals surface area contributed by atoms with E-state index in [0.717, 1.165) is 5.57 Å². The first-order valence-corrected chi connectivity index (χ1v) is 8.01. The molecule has 1 atom stereocenters. The van der Waals surface area contributed by atoms with Crippen molar-refractivity contribution in [3.63, 3.8) is 0 Å². The number of carbonyl (C=O) groups is 3. The number of nitrogens with zero attached hydrogens (tertiary/aromatic N) is 1. The predicted octanol–water partition coefficient (Wildman–Crippen LogP) is 3.32. The Labute approximate surface area is 141 Å². The molecule has 1 rings (SSSR count). The van der Waals surface area contributed by atoms with Gasteiger partial charge in [-0.25, -0.2) is 4.79 Å². The van der Waals surface area contributed by atoms with Gasteiger partial charge in [-0.1, -0.05) is 23.3 Å². The molecule has 0 heterocycles. The van der Waals surface area contributed by atoms with Crippen LogP contribution in [0.5, 0.6) is 0 Å². The molecule has 0 aromatic carbocycles. The number of halogens is 1. The summed E-state index contributed by atoms with van der Waals surface area (Å²) in [5.74, 6) is -2.21. The fraction of sp³-hybridized carbons (Fsp3) is 0.529. The van der Waals surface area contributed by atoms with E-state index in [1.807, 2.05) is 6.92 Å². The molecule has 23 heavy (non-hydrogen) atoms. The summed E-state index contributed by atoms with van der Waals surface area (Å²) in [5, 5.41) is 10.1. The van der Waals surface area contributed by atoms with Crippen molar-refractivity contribution in [2.45, 2.75) is 46.5 Å². The average molecular weight is 340 g/mol. The number of carboxylic acids is 1. The monoisotopic (exact) mass is 339 g/mol. The van der Waals surface area contributed by atoms with Gasteiger partial charge in [-0.05, 0) is 45.1 Å². The Balaban J connectivity index is 3.30. The van der Waals surface area contributed by atoms with Gasteiger partial charge in [0.1, 0.15) is 5.71 Å². The van der Waals surface area contributed by atoms with E-state index in [1.165, 1.54) is 0 Å². The summed E-state index contributed by atoms with van der Waals surface area (Å²) in [5.41, 5.74) is 1.36. The minimum atomic E-state index is -1.11. The van der Waals surface area contributed by atoms with E-state index in [0.29, 0.717) is 30.0 Å². The van der Waals surface area contributed by atoms with Crippen LogP contribution in [0.4, 0.5) is 0 Å². The molecule has 1 fully saturated rings. The van der Waals surface area contributed by atoms with Crippen LogP contribution in [-0.2, 0) is 14.4 Å². The summed E-state index contributed by atoms with van der Waals surface area (Å²) in [7, 11) is 0. The molecule has 0 aromatic heterocycles. The number of carboxylic acid groups (broad SMARTS) is 1. The summed E-state index contributed by atoms with van der Waals surface area (Å²) >= 11 is 5.85. The third-order valence-electron chi connectivity index (χ3n) is 3.79. The molecule has 0 aliphatic heterocycles. The lowest BCUT2D eigenvalue weighted by Crippen LogP contribution is -2.31. The normalized spacial score (nSPS) is 21.3. The lowest BCUT2D eigenvalue weighted by Gasteiger charge is -2.25. The third-order valence-corrected chi connectivity index (χ3v) is 3.95. The number of ketones is 2. The number of Topliss-reactive ketones (excluding diaryl/α,β-unsaturated/α-hetero) is 2. The Hall–Kier alpha value is -1.75. The maximum absolute atomic E-state index is 11.8. The number of aliphatic imine (C=N–C) groups is 1. The summed E-state index contributed by atoms with van der Waals surface area (Å²) in [6.07, 6.45) is 2.95. The quantitative estimate of drug-likeness (QED) is 0.594. The molecular formula is C17H22ClNO4. The molecular weight excluding hydrogens is 318 g/mol. The number of allylic oxidation sites excluding steroid dienone is 3. The van der Waals surface area contributed by atoms with Crippen LogP contribution in [0.3, 0.4) is 0 Å². The number of aliphatic carboxylic acids is 1. The van der Waals surface area contributed by atoms with Crippen molar-refractivity contribution in [2.75, 3.05) is 6.54 Å². The van der Waals surface area contributed by atoms with Gasteiger partial charge in [0, 0.05) is 24.4 Å². The minimum absolute atomic E-state index is 0.0159. The molecule has 1 saturated carbocycles. The molecule has 6 heteroatoms. The lowest BCUT2D eigenvalue weighted by molar-refractivity contribution is -0.138. The van der Waals surface area contributed by atoms with Crippen molar-refractivity contribution >= 4 is 34.8 Å². The Morgan fingerprint density at radius 3 is 2.48 bits per heavy atom. The lowest BCUT2D eigenvalue weighted by atomic mass is 9.78. The van der Waals surface area contributed by atoms with E-state index in [2.05, 4.69) is 4.99 Å². The molecule has 1 aliphatic rings. The first kappa shape index (κ1) is 19.3. The van der Waals surface area contributed by atoms with Crippen LogP contribution >= 0.6 is 11.6 Å². The second kappa shape index (κ2) is 8.77. The van der Waals surface area contributed by atoms with Crippen molar-refractivity contribution in [3.8, 4) is 0 Å². The van der Waals surface area contributed by atoms with Crippen LogP contribution in [-0.4, -0.2) is 34.9 Å². The van der Waals surface area contributed by atoms with Crippen molar-refractivity contribution in [1.82, 2.24) is 0 Å². The van der Waals surface area contributed by atoms with E-state index in [4.69, 9.17) is 11.6 Å². The molecule has 1 unspecified atom stereocenters. The van der Waals surface area contributed by atoms with Crippen LogP contribution in [0.1, 0.15) is 46.5 Å². The molecule has 5 nitrogen and oxygen atoms in total. The molecule has 0 aromatic rings. The first-order valence-electron chi connectivity index (χ1n) is 7.63. The van der Waals surface area contributed by atoms with Crippen molar-refractivity contribution in [3.05, 3.63) is 22.3 Å². The Morgan fingerprint density at radius 1 is 1.35 bits per heavy atom. The van der Waals surface area contributed by atoms with Crippen molar-refractivity contribution < 1.29 is 19.5 Å². The van der Waals surface area contributed by atoms with Gasteiger partial charge in [-0.15, -0.1) is 0 Å². The SMILES string of the molecule is CCN=C(C(=O)O)/C(=C(/C)CC=C(C)Cl)C1CCC(=O)C(=O)C1. The van der Waals surface area contributed by atoms with Gasteiger partial charge in [-0.2, -0.15) is 0 Å². The van der Waals surface area contributed by atoms with Gasteiger partial charge in [0.15, 0.2) is 11.6 Å². The molecule has 0 bridgehead atoms. The maximum atomic E-state index is 11.8. The van der Waals surface area contributed by atoms with E-state index in [-0.39, 0.29) is 30.3 Å². The third kappa shape index (κ3) is 5.43. The zero-order valence-electron chi connectivity index (χ0n) is 13.7. The van der Waals surface area contributed by atoms with Crippen LogP contribution in [0.2, 0.25) is 0 Å². The Bertz CT molecular complexity index is 598. The van der Waals surface area contributed by atoms with Crippen LogP contribution in [0.15, 0.2) is 27.2 Å². The largest absolute Gasteiger partial charge is 0.477 e. The standard InChI is InChI=1S/C17H22ClNO4/c1-4-19-16(17(22)23)15(10(2)5-6-11(3)18)12-7-8-13(20)14(21)9-12/h6,12H,4-5,7-9H2,1-3H3,(H,22,23)/b11-6?,15-10-,19-16?. The number of hydrogen-bond donors (Lipinski definition) is 1. The summed E-state index contributed by atoms with van der Waals surface area (Å²) < 4.78 is 0. The molecule has 0 spiro atoms. The molecule has 0 radical (unpaired) electrons. The van der Waals surface area contributed by atoms with E-state index >= 15 is 0 Å². The van der Waals surface area contributed by atoms with E-state index < -0.39 is 11.8 Å². The van der Waals surface area contributed by atoms with E-state index in [9.17, 15) is 19.5 Å². The number of carbonyl (C=O) groups excluding carboxylic acids is 2. The fourth-order valence-electron chi connectivity index (χ4n) is 2.70. The maximum Gasteiger partial charge on any atom is 0.354 e. The van der Waals surface area contributed by atoms with Crippen LogP contribution < -0.4 is 0 Å². The van der Waals surface area contributed by atoms with Crippen molar-refractivity contribution in [1.29, 1.82) is 0 Å². The minimum Gasteiger partial charge on any atom is -0.477 e. The van der Waals surface area contributed by atoms with Gasteiger partial charge in [0.2, 0.25) is 0 Å². The van der Waals surface area contributed by atoms with Gasteiger partial charge < -0.3 is 5.11 Å². The van der Waals surface area contributed by atoms with Crippen LogP contribution in [0.25, 0.3) is 0 Å². The highest BCUT2D eigenvalue weighted by atomic mass is 35.5. The summed E-state index contributed by atoms with van der Waals surface area (Å²) in [6.45, 7) is 5.66. The molecule has 126 valence electrons. The molecule has 1 aliphatic carbocycles. The van der Waals surface area contributed by atoms with Gasteiger partial charge in [0.25, 0.3) is 0 Å². The van der Waals surface area contributed by atoms with Crippen LogP contribution in [0, 0.1) is 5.92 Å². The fourth-order valence-corrected chi connectivity index (χ4v) is 2.78. The zero-order valence-corrected chi connectivity index (χ0v) is 14.4. The van der Waals surface area contributed by atoms with Gasteiger partial charge in [-0.3, -0.25) is 14.6 Å². The molecule has 1 N–H and O–H groups in total. The molecule has 0 amide bonds. The average Bonchev–Trinajstić information content (AvgIpc) is 2.47. The number of rotatable bonds is 6. The second-order valence-corrected chi connectivity index (χ2v) is 6.20. The highest BCUT2D eigenvalue weighted by Gasteiger charge is 2.33. The highest BCUT2D eigenvalue weighted by Crippen LogP contribution is 2.31. The van der Waals surface area contributed by atoms with Gasteiger partial charge >= 0.3 is 5.97 Å². The number of hydrogen-bond acceptors (Lipinski definition) is 4. The summed E-state index contributed by atoms with van der Waals surface area (Å²) in [6, 6.07) is 0. The van der Waals surface area contributed by atoms with E-state index in [1.54, 1.807) is 19.9 Å². The predicted molar refractivity (Wildman–Crippen MR) is 89.9 cm³/mol. The van der Waals surface area contributed by atoms with Gasteiger partial charge in [0.05, 0.1) is 0 Å². The molecule has 0 saturated heterocycles. The zero-order chi connectivity index (χ0) is 17.6. The topological polar surface area (TPSA) is 83.8 Å². The summed E-state index contributed by atoms with van der Waals surface area (Å²) in [4.78, 5) is 38.9. The first-order chi connectivity index (χ1) is 10.8. The smallest absolute Gasteiger partial charge is 0.354 e. The van der Waals surface area contributed by atoms with Crippen molar-refractivity contribution in [2.24, 2.45) is 10.9 Å². The highest BCUT2D eigenvalue weighted by molar-refractivity contribution is 6.43. The Kier molecular flexibility index (Phi) is 7.36. The Morgan fingerprint density at radius 2 is 2.00 bits per heavy atom. The second-order valence-electron chi connectivity index (χ2n) is 5.60.